The molecule has 1 heterocycles. The molecule has 2 N–H and O–H groups in total. The Morgan fingerprint density at radius 3 is 2.39 bits per heavy atom. The standard InChI is InChI=1S/C14H26N4/c1-4-18(11-5-10-17(2)3)14(12-15)13-6-8-16-9-7-13/h6-9,14H,4-5,10-12,15H2,1-3H3. The zero-order valence-corrected chi connectivity index (χ0v) is 11.8. The molecule has 0 saturated heterocycles. The third kappa shape index (κ3) is 4.72. The van der Waals surface area contributed by atoms with Gasteiger partial charge in [0.1, 0.15) is 0 Å². The largest absolute Gasteiger partial charge is 0.329 e. The maximum Gasteiger partial charge on any atom is 0.0471 e. The highest BCUT2D eigenvalue weighted by Crippen LogP contribution is 2.18. The summed E-state index contributed by atoms with van der Waals surface area (Å²) in [5.41, 5.74) is 7.20. The highest BCUT2D eigenvalue weighted by atomic mass is 15.2. The van der Waals surface area contributed by atoms with Crippen molar-refractivity contribution in [2.75, 3.05) is 40.3 Å². The van der Waals surface area contributed by atoms with Crippen molar-refractivity contribution >= 4 is 0 Å². The Balaban J connectivity index is 2.60. The van der Waals surface area contributed by atoms with Crippen molar-refractivity contribution in [2.45, 2.75) is 19.4 Å². The molecule has 0 fully saturated rings. The molecule has 0 bridgehead atoms. The first-order chi connectivity index (χ1) is 8.69. The van der Waals surface area contributed by atoms with Gasteiger partial charge in [0.2, 0.25) is 0 Å². The third-order valence-electron chi connectivity index (χ3n) is 3.21. The van der Waals surface area contributed by atoms with E-state index in [0.717, 1.165) is 19.6 Å². The molecule has 18 heavy (non-hydrogen) atoms. The van der Waals surface area contributed by atoms with Gasteiger partial charge in [-0.3, -0.25) is 9.88 Å². The van der Waals surface area contributed by atoms with Gasteiger partial charge < -0.3 is 10.6 Å². The van der Waals surface area contributed by atoms with E-state index in [1.807, 2.05) is 12.4 Å². The smallest absolute Gasteiger partial charge is 0.0471 e. The topological polar surface area (TPSA) is 45.4 Å². The highest BCUT2D eigenvalue weighted by molar-refractivity contribution is 5.15. The summed E-state index contributed by atoms with van der Waals surface area (Å²) in [7, 11) is 4.22. The van der Waals surface area contributed by atoms with Crippen molar-refractivity contribution in [1.82, 2.24) is 14.8 Å². The Hall–Kier alpha value is -0.970. The normalized spacial score (nSPS) is 13.2. The number of hydrogen-bond donors (Lipinski definition) is 1. The van der Waals surface area contributed by atoms with E-state index in [4.69, 9.17) is 5.73 Å². The molecule has 0 saturated carbocycles. The van der Waals surface area contributed by atoms with Crippen molar-refractivity contribution in [3.8, 4) is 0 Å². The first kappa shape index (κ1) is 15.1. The second kappa shape index (κ2) is 8.19. The molecule has 1 unspecified atom stereocenters. The van der Waals surface area contributed by atoms with Crippen LogP contribution in [-0.2, 0) is 0 Å². The van der Waals surface area contributed by atoms with Crippen molar-refractivity contribution < 1.29 is 0 Å². The fourth-order valence-corrected chi connectivity index (χ4v) is 2.21. The van der Waals surface area contributed by atoms with Crippen LogP contribution in [-0.4, -0.2) is 55.1 Å². The molecule has 0 amide bonds. The van der Waals surface area contributed by atoms with Crippen LogP contribution < -0.4 is 5.73 Å². The van der Waals surface area contributed by atoms with Crippen molar-refractivity contribution in [3.63, 3.8) is 0 Å². The lowest BCUT2D eigenvalue weighted by Crippen LogP contribution is -2.35. The molecule has 1 aromatic rings. The van der Waals surface area contributed by atoms with Gasteiger partial charge in [0.05, 0.1) is 0 Å². The maximum atomic E-state index is 5.94. The highest BCUT2D eigenvalue weighted by Gasteiger charge is 2.16. The molecule has 0 radical (unpaired) electrons. The Labute approximate surface area is 111 Å². The van der Waals surface area contributed by atoms with Crippen LogP contribution in [0.15, 0.2) is 24.5 Å². The van der Waals surface area contributed by atoms with Crippen LogP contribution in [0.4, 0.5) is 0 Å². The number of nitrogens with two attached hydrogens (primary N) is 1. The van der Waals surface area contributed by atoms with E-state index in [1.54, 1.807) is 0 Å². The van der Waals surface area contributed by atoms with Crippen LogP contribution in [0.25, 0.3) is 0 Å². The molecule has 0 aliphatic rings. The predicted molar refractivity (Wildman–Crippen MR) is 76.5 cm³/mol. The first-order valence-electron chi connectivity index (χ1n) is 6.67. The molecule has 0 aliphatic carbocycles. The monoisotopic (exact) mass is 250 g/mol. The molecule has 0 aliphatic heterocycles. The van der Waals surface area contributed by atoms with E-state index in [-0.39, 0.29) is 0 Å². The predicted octanol–water partition coefficient (Wildman–Crippen LogP) is 1.36. The zero-order chi connectivity index (χ0) is 13.4. The number of nitrogens with zero attached hydrogens (tertiary/aromatic N) is 3. The van der Waals surface area contributed by atoms with Gasteiger partial charge >= 0.3 is 0 Å². The van der Waals surface area contributed by atoms with Gasteiger partial charge in [0, 0.05) is 31.5 Å². The van der Waals surface area contributed by atoms with E-state index < -0.39 is 0 Å². The van der Waals surface area contributed by atoms with Crippen molar-refractivity contribution in [3.05, 3.63) is 30.1 Å². The summed E-state index contributed by atoms with van der Waals surface area (Å²) in [5.74, 6) is 0. The number of likely N-dealkylation sites (N-methyl/N-ethyl adjacent to an activating group) is 1. The maximum absolute atomic E-state index is 5.94. The molecular formula is C14H26N4. The van der Waals surface area contributed by atoms with Gasteiger partial charge in [-0.25, -0.2) is 0 Å². The summed E-state index contributed by atoms with van der Waals surface area (Å²) in [6.45, 7) is 6.07. The van der Waals surface area contributed by atoms with Gasteiger partial charge in [0.25, 0.3) is 0 Å². The third-order valence-corrected chi connectivity index (χ3v) is 3.21. The SMILES string of the molecule is CCN(CCCN(C)C)C(CN)c1ccncc1. The molecule has 1 aromatic heterocycles. The van der Waals surface area contributed by atoms with E-state index in [1.165, 1.54) is 12.0 Å². The van der Waals surface area contributed by atoms with E-state index in [9.17, 15) is 0 Å². The molecule has 102 valence electrons. The average Bonchev–Trinajstić information content (AvgIpc) is 2.38. The van der Waals surface area contributed by atoms with Crippen LogP contribution in [0.3, 0.4) is 0 Å². The molecule has 0 aromatic carbocycles. The number of rotatable bonds is 8. The molecule has 4 nitrogen and oxygen atoms in total. The fraction of sp³-hybridized carbons (Fsp3) is 0.643. The quantitative estimate of drug-likeness (QED) is 0.756. The average molecular weight is 250 g/mol. The zero-order valence-electron chi connectivity index (χ0n) is 11.8. The van der Waals surface area contributed by atoms with Crippen LogP contribution >= 0.6 is 0 Å². The second-order valence-corrected chi connectivity index (χ2v) is 4.82. The fourth-order valence-electron chi connectivity index (χ4n) is 2.21. The Kier molecular flexibility index (Phi) is 6.86. The number of pyridine rings is 1. The molecule has 1 atom stereocenters. The lowest BCUT2D eigenvalue weighted by Gasteiger charge is -2.30. The van der Waals surface area contributed by atoms with Crippen LogP contribution in [0.5, 0.6) is 0 Å². The minimum Gasteiger partial charge on any atom is -0.329 e. The number of aromatic nitrogens is 1. The van der Waals surface area contributed by atoms with Crippen LogP contribution in [0.1, 0.15) is 24.9 Å². The molecule has 0 spiro atoms. The van der Waals surface area contributed by atoms with Gasteiger partial charge in [-0.05, 0) is 51.3 Å². The number of hydrogen-bond acceptors (Lipinski definition) is 4. The minimum atomic E-state index is 0.306. The van der Waals surface area contributed by atoms with E-state index in [2.05, 4.69) is 47.9 Å². The van der Waals surface area contributed by atoms with Gasteiger partial charge in [-0.15, -0.1) is 0 Å². The van der Waals surface area contributed by atoms with Gasteiger partial charge in [-0.2, -0.15) is 0 Å². The Morgan fingerprint density at radius 1 is 1.22 bits per heavy atom. The van der Waals surface area contributed by atoms with Crippen LogP contribution in [0.2, 0.25) is 0 Å². The lowest BCUT2D eigenvalue weighted by molar-refractivity contribution is 0.201. The van der Waals surface area contributed by atoms with Gasteiger partial charge in [0.15, 0.2) is 0 Å². The summed E-state index contributed by atoms with van der Waals surface area (Å²) in [6.07, 6.45) is 4.85. The van der Waals surface area contributed by atoms with E-state index in [0.29, 0.717) is 12.6 Å². The summed E-state index contributed by atoms with van der Waals surface area (Å²) in [5, 5.41) is 0. The Bertz CT molecular complexity index is 313. The molecule has 4 heteroatoms. The van der Waals surface area contributed by atoms with Crippen LogP contribution in [0, 0.1) is 0 Å². The minimum absolute atomic E-state index is 0.306. The molecular weight excluding hydrogens is 224 g/mol. The van der Waals surface area contributed by atoms with E-state index >= 15 is 0 Å². The summed E-state index contributed by atoms with van der Waals surface area (Å²) >= 11 is 0. The summed E-state index contributed by atoms with van der Waals surface area (Å²) in [4.78, 5) is 8.73. The summed E-state index contributed by atoms with van der Waals surface area (Å²) < 4.78 is 0. The lowest BCUT2D eigenvalue weighted by atomic mass is 10.1. The van der Waals surface area contributed by atoms with Gasteiger partial charge in [-0.1, -0.05) is 6.92 Å². The Morgan fingerprint density at radius 2 is 1.89 bits per heavy atom. The second-order valence-electron chi connectivity index (χ2n) is 4.82. The van der Waals surface area contributed by atoms with Crippen molar-refractivity contribution in [1.29, 1.82) is 0 Å². The first-order valence-corrected chi connectivity index (χ1v) is 6.67. The molecule has 1 rings (SSSR count). The summed E-state index contributed by atoms with van der Waals surface area (Å²) in [6, 6.07) is 4.43. The van der Waals surface area contributed by atoms with Crippen molar-refractivity contribution in [2.24, 2.45) is 5.73 Å².